The minimum atomic E-state index is 0.175. The molecule has 0 N–H and O–H groups in total. The van der Waals surface area contributed by atoms with Crippen LogP contribution in [0.15, 0.2) is 10.2 Å². The SMILES string of the molecule is CC[C@H](OC)[C@@H](C)[C@H]1O[C@@H]1C(OC)C(C)/C=[CH]/[SnH3]. The molecule has 1 fully saturated rings. The summed E-state index contributed by atoms with van der Waals surface area (Å²) in [6.45, 7) is 6.58. The molecule has 1 saturated heterocycles. The van der Waals surface area contributed by atoms with E-state index in [0.717, 1.165) is 6.42 Å². The van der Waals surface area contributed by atoms with Crippen molar-refractivity contribution in [1.82, 2.24) is 0 Å². The summed E-state index contributed by atoms with van der Waals surface area (Å²) in [4.78, 5) is 0. The van der Waals surface area contributed by atoms with Crippen LogP contribution >= 0.6 is 0 Å². The Balaban J connectivity index is 2.56. The average Bonchev–Trinajstić information content (AvgIpc) is 3.12. The van der Waals surface area contributed by atoms with Gasteiger partial charge in [0, 0.05) is 0 Å². The van der Waals surface area contributed by atoms with E-state index in [1.807, 2.05) is 0 Å². The van der Waals surface area contributed by atoms with E-state index < -0.39 is 0 Å². The van der Waals surface area contributed by atoms with Crippen molar-refractivity contribution in [2.24, 2.45) is 11.8 Å². The second kappa shape index (κ2) is 7.87. The van der Waals surface area contributed by atoms with Crippen LogP contribution in [-0.4, -0.2) is 61.2 Å². The molecule has 1 rings (SSSR count). The molecule has 0 aromatic carbocycles. The van der Waals surface area contributed by atoms with Crippen molar-refractivity contribution in [2.75, 3.05) is 14.2 Å². The predicted molar refractivity (Wildman–Crippen MR) is 78.0 cm³/mol. The maximum atomic E-state index is 5.86. The third-order valence-corrected chi connectivity index (χ3v) is 5.08. The number of epoxide rings is 1. The molecule has 0 aromatic rings. The van der Waals surface area contributed by atoms with Gasteiger partial charge in [0.25, 0.3) is 0 Å². The van der Waals surface area contributed by atoms with Crippen molar-refractivity contribution in [2.45, 2.75) is 51.6 Å². The molecule has 3 nitrogen and oxygen atoms in total. The Morgan fingerprint density at radius 3 is 2.33 bits per heavy atom. The zero-order valence-electron chi connectivity index (χ0n) is 12.6. The summed E-state index contributed by atoms with van der Waals surface area (Å²) in [6, 6.07) is 0. The second-order valence-electron chi connectivity index (χ2n) is 5.19. The Morgan fingerprint density at radius 1 is 1.22 bits per heavy atom. The Bertz CT molecular complexity index is 266. The number of hydrogen-bond acceptors (Lipinski definition) is 3. The van der Waals surface area contributed by atoms with Crippen LogP contribution in [0.25, 0.3) is 0 Å². The quantitative estimate of drug-likeness (QED) is 0.482. The number of hydrogen-bond donors (Lipinski definition) is 0. The topological polar surface area (TPSA) is 31.0 Å². The number of rotatable bonds is 8. The minimum absolute atomic E-state index is 0.175. The van der Waals surface area contributed by atoms with Gasteiger partial charge in [-0.1, -0.05) is 0 Å². The Hall–Kier alpha value is 0.419. The van der Waals surface area contributed by atoms with Gasteiger partial charge in [-0.2, -0.15) is 0 Å². The first-order valence-corrected chi connectivity index (χ1v) is 10.2. The van der Waals surface area contributed by atoms with Crippen LogP contribution in [0.5, 0.6) is 0 Å². The third-order valence-electron chi connectivity index (χ3n) is 3.98. The first-order chi connectivity index (χ1) is 8.60. The fourth-order valence-corrected chi connectivity index (χ4v) is 4.58. The van der Waals surface area contributed by atoms with E-state index in [9.17, 15) is 0 Å². The number of ether oxygens (including phenoxy) is 3. The first-order valence-electron chi connectivity index (χ1n) is 6.94. The molecule has 4 heteroatoms. The summed E-state index contributed by atoms with van der Waals surface area (Å²) < 4.78 is 19.3. The van der Waals surface area contributed by atoms with Gasteiger partial charge in [-0.05, 0) is 0 Å². The van der Waals surface area contributed by atoms with Crippen molar-refractivity contribution >= 4 is 22.5 Å². The summed E-state index contributed by atoms with van der Waals surface area (Å²) in [6.07, 6.45) is 4.27. The molecule has 0 bridgehead atoms. The van der Waals surface area contributed by atoms with Crippen molar-refractivity contribution in [3.05, 3.63) is 10.2 Å². The molecule has 18 heavy (non-hydrogen) atoms. The molecule has 1 heterocycles. The van der Waals surface area contributed by atoms with Gasteiger partial charge in [-0.25, -0.2) is 0 Å². The Kier molecular flexibility index (Phi) is 7.21. The average molecular weight is 363 g/mol. The molecule has 0 aromatic heterocycles. The zero-order chi connectivity index (χ0) is 13.7. The van der Waals surface area contributed by atoms with Gasteiger partial charge in [0.2, 0.25) is 0 Å². The van der Waals surface area contributed by atoms with E-state index >= 15 is 0 Å². The first kappa shape index (κ1) is 16.5. The molecule has 1 aliphatic heterocycles. The fourth-order valence-electron chi connectivity index (χ4n) is 2.85. The molecule has 0 aliphatic carbocycles. The molecular weight excluding hydrogens is 335 g/mol. The maximum absolute atomic E-state index is 5.86. The molecule has 0 spiro atoms. The van der Waals surface area contributed by atoms with Crippen LogP contribution in [-0.2, 0) is 14.2 Å². The van der Waals surface area contributed by atoms with E-state index in [1.54, 1.807) is 14.2 Å². The molecule has 0 amide bonds. The summed E-state index contributed by atoms with van der Waals surface area (Å²) in [5.74, 6) is 0.862. The van der Waals surface area contributed by atoms with E-state index in [0.29, 0.717) is 34.4 Å². The Labute approximate surface area is 124 Å². The van der Waals surface area contributed by atoms with Gasteiger partial charge >= 0.3 is 125 Å². The molecule has 1 aliphatic rings. The van der Waals surface area contributed by atoms with Crippen molar-refractivity contribution in [3.63, 3.8) is 0 Å². The van der Waals surface area contributed by atoms with E-state index in [-0.39, 0.29) is 24.4 Å². The van der Waals surface area contributed by atoms with E-state index in [1.165, 1.54) is 0 Å². The molecule has 2 unspecified atom stereocenters. The molecule has 106 valence electrons. The molecule has 6 atom stereocenters. The van der Waals surface area contributed by atoms with Crippen LogP contribution in [0.2, 0.25) is 0 Å². The van der Waals surface area contributed by atoms with Gasteiger partial charge in [0.15, 0.2) is 0 Å². The van der Waals surface area contributed by atoms with Gasteiger partial charge in [0.05, 0.1) is 0 Å². The van der Waals surface area contributed by atoms with Crippen LogP contribution < -0.4 is 0 Å². The fraction of sp³-hybridized carbons (Fsp3) is 0.857. The van der Waals surface area contributed by atoms with Crippen LogP contribution in [0, 0.1) is 11.8 Å². The van der Waals surface area contributed by atoms with Gasteiger partial charge in [-0.3, -0.25) is 0 Å². The second-order valence-corrected chi connectivity index (χ2v) is 7.09. The Morgan fingerprint density at radius 2 is 1.89 bits per heavy atom. The van der Waals surface area contributed by atoms with Crippen LogP contribution in [0.1, 0.15) is 27.2 Å². The van der Waals surface area contributed by atoms with Crippen molar-refractivity contribution in [1.29, 1.82) is 0 Å². The van der Waals surface area contributed by atoms with Gasteiger partial charge in [0.1, 0.15) is 0 Å². The normalized spacial score (nSPS) is 30.3. The van der Waals surface area contributed by atoms with Crippen molar-refractivity contribution < 1.29 is 14.2 Å². The van der Waals surface area contributed by atoms with Crippen LogP contribution in [0.3, 0.4) is 0 Å². The van der Waals surface area contributed by atoms with Gasteiger partial charge in [-0.15, -0.1) is 0 Å². The number of methoxy groups -OCH3 is 2. The summed E-state index contributed by atoms with van der Waals surface area (Å²) in [5, 5.41) is 0. The summed E-state index contributed by atoms with van der Waals surface area (Å²) >= 11 is 0.611. The molecular formula is C14H28O3Sn. The molecule has 0 saturated carbocycles. The van der Waals surface area contributed by atoms with Crippen molar-refractivity contribution in [3.8, 4) is 0 Å². The van der Waals surface area contributed by atoms with E-state index in [4.69, 9.17) is 14.2 Å². The van der Waals surface area contributed by atoms with Gasteiger partial charge < -0.3 is 0 Å². The predicted octanol–water partition coefficient (Wildman–Crippen LogP) is 1.35. The summed E-state index contributed by atoms with van der Waals surface area (Å²) in [5.41, 5.74) is 0. The van der Waals surface area contributed by atoms with Crippen LogP contribution in [0.4, 0.5) is 0 Å². The zero-order valence-corrected chi connectivity index (χ0v) is 18.3. The van der Waals surface area contributed by atoms with E-state index in [2.05, 4.69) is 30.9 Å². The standard InChI is InChI=1S/C14H25O3.Sn.3H/c1-7-9(3)12(16-6)14-13(17-14)10(4)11(8-2)15-5;;;;/h1,7,9-14H,8H2,2-6H3;;;;/t9?,10-,11+,12?,13-,14-;;;;/m1..../s1. The summed E-state index contributed by atoms with van der Waals surface area (Å²) in [7, 11) is 3.57. The third kappa shape index (κ3) is 3.95. The monoisotopic (exact) mass is 364 g/mol. The molecule has 0 radical (unpaired) electrons.